The first-order valence-corrected chi connectivity index (χ1v) is 6.47. The van der Waals surface area contributed by atoms with Gasteiger partial charge in [0.25, 0.3) is 0 Å². The zero-order chi connectivity index (χ0) is 13.1. The Bertz CT molecular complexity index is 265. The van der Waals surface area contributed by atoms with Crippen LogP contribution in [0.5, 0.6) is 0 Å². The summed E-state index contributed by atoms with van der Waals surface area (Å²) in [7, 11) is 6.60. The minimum absolute atomic E-state index is 0.111. The predicted molar refractivity (Wildman–Crippen MR) is 77.5 cm³/mol. The Morgan fingerprint density at radius 2 is 1.65 bits per heavy atom. The van der Waals surface area contributed by atoms with E-state index in [9.17, 15) is 5.02 Å². The van der Waals surface area contributed by atoms with Gasteiger partial charge in [0.1, 0.15) is 5.69 Å². The Kier molecular flexibility index (Phi) is 8.82. The maximum Gasteiger partial charge on any atom is 0.132 e. The third-order valence-corrected chi connectivity index (χ3v) is 2.53. The highest BCUT2D eigenvalue weighted by Gasteiger charge is 2.08. The minimum atomic E-state index is 0.111. The highest BCUT2D eigenvalue weighted by molar-refractivity contribution is 6.22. The summed E-state index contributed by atoms with van der Waals surface area (Å²) >= 11 is 0. The van der Waals surface area contributed by atoms with Crippen molar-refractivity contribution in [2.75, 3.05) is 21.1 Å². The fourth-order valence-corrected chi connectivity index (χ4v) is 1.40. The van der Waals surface area contributed by atoms with Crippen molar-refractivity contribution in [3.63, 3.8) is 0 Å². The first-order valence-electron chi connectivity index (χ1n) is 6.47. The van der Waals surface area contributed by atoms with Crippen molar-refractivity contribution in [3.05, 3.63) is 30.3 Å². The van der Waals surface area contributed by atoms with Crippen molar-refractivity contribution < 1.29 is 5.02 Å². The van der Waals surface area contributed by atoms with Crippen LogP contribution in [0.15, 0.2) is 30.3 Å². The van der Waals surface area contributed by atoms with Crippen LogP contribution in [0.2, 0.25) is 6.32 Å². The average Bonchev–Trinajstić information content (AvgIpc) is 2.31. The van der Waals surface area contributed by atoms with Gasteiger partial charge in [-0.1, -0.05) is 50.7 Å². The fourth-order valence-electron chi connectivity index (χ4n) is 1.40. The molecule has 0 aliphatic heterocycles. The van der Waals surface area contributed by atoms with E-state index in [1.54, 1.807) is 0 Å². The number of hydrogen-bond acceptors (Lipinski definition) is 1. The van der Waals surface area contributed by atoms with Gasteiger partial charge in [-0.25, -0.2) is 0 Å². The van der Waals surface area contributed by atoms with Crippen LogP contribution in [-0.2, 0) is 0 Å². The summed E-state index contributed by atoms with van der Waals surface area (Å²) in [5.41, 5.74) is 1.34. The summed E-state index contributed by atoms with van der Waals surface area (Å²) in [5.74, 6) is 0. The van der Waals surface area contributed by atoms with E-state index in [2.05, 4.69) is 52.3 Å². The zero-order valence-electron chi connectivity index (χ0n) is 11.8. The molecule has 1 rings (SSSR count). The zero-order valence-corrected chi connectivity index (χ0v) is 11.8. The molecule has 0 fully saturated rings. The average molecular weight is 235 g/mol. The summed E-state index contributed by atoms with van der Waals surface area (Å²) in [6.45, 7) is 2.14. The van der Waals surface area contributed by atoms with E-state index < -0.39 is 0 Å². The van der Waals surface area contributed by atoms with Crippen LogP contribution < -0.4 is 9.51 Å². The van der Waals surface area contributed by atoms with E-state index in [4.69, 9.17) is 0 Å². The quantitative estimate of drug-likeness (QED) is 0.436. The SMILES string of the molecule is CCCCCB[O-].C[N+](C)(C)c1ccccc1. The van der Waals surface area contributed by atoms with Gasteiger partial charge >= 0.3 is 0 Å². The summed E-state index contributed by atoms with van der Waals surface area (Å²) in [4.78, 5) is 0. The number of unbranched alkanes of at least 4 members (excludes halogenated alkanes) is 2. The van der Waals surface area contributed by atoms with Gasteiger partial charge in [-0.05, 0) is 12.1 Å². The lowest BCUT2D eigenvalue weighted by atomic mass is 9.92. The molecule has 0 amide bonds. The van der Waals surface area contributed by atoms with Crippen LogP contribution in [0.3, 0.4) is 0 Å². The Morgan fingerprint density at radius 3 is 2.00 bits per heavy atom. The molecule has 0 unspecified atom stereocenters. The molecule has 0 spiro atoms. The molecular weight excluding hydrogens is 209 g/mol. The Morgan fingerprint density at radius 1 is 1.06 bits per heavy atom. The number of rotatable bonds is 5. The third-order valence-electron chi connectivity index (χ3n) is 2.53. The predicted octanol–water partition coefficient (Wildman–Crippen LogP) is 2.19. The van der Waals surface area contributed by atoms with Crippen LogP contribution >= 0.6 is 0 Å². The molecule has 0 N–H and O–H groups in total. The Labute approximate surface area is 107 Å². The molecule has 96 valence electrons. The van der Waals surface area contributed by atoms with E-state index in [1.165, 1.54) is 18.5 Å². The molecule has 2 nitrogen and oxygen atoms in total. The molecule has 0 saturated carbocycles. The van der Waals surface area contributed by atoms with Crippen LogP contribution in [0.4, 0.5) is 5.69 Å². The van der Waals surface area contributed by atoms with Crippen molar-refractivity contribution in [2.24, 2.45) is 0 Å². The van der Waals surface area contributed by atoms with Gasteiger partial charge in [-0.2, -0.15) is 0 Å². The topological polar surface area (TPSA) is 23.1 Å². The van der Waals surface area contributed by atoms with Crippen molar-refractivity contribution in [2.45, 2.75) is 32.5 Å². The maximum atomic E-state index is 9.80. The normalized spacial score (nSPS) is 10.4. The van der Waals surface area contributed by atoms with Crippen molar-refractivity contribution in [1.82, 2.24) is 4.48 Å². The largest absolute Gasteiger partial charge is 0.882 e. The van der Waals surface area contributed by atoms with Crippen molar-refractivity contribution >= 4 is 13.2 Å². The standard InChI is InChI=1S/C9H14N.C5H12BO/c1-10(2,3)9-7-5-4-6-8-9;1-2-3-4-5-6-7/h4-8H,1-3H3;6H,2-5H2,1H3/q+1;-1. The van der Waals surface area contributed by atoms with E-state index in [-0.39, 0.29) is 7.48 Å². The van der Waals surface area contributed by atoms with Gasteiger partial charge < -0.3 is 5.02 Å². The second kappa shape index (κ2) is 9.26. The number of hydrogen-bond donors (Lipinski definition) is 0. The Balaban J connectivity index is 0.000000325. The maximum absolute atomic E-state index is 9.80. The molecule has 0 radical (unpaired) electrons. The van der Waals surface area contributed by atoms with Gasteiger partial charge in [0.05, 0.1) is 21.1 Å². The smallest absolute Gasteiger partial charge is 0.132 e. The fraction of sp³-hybridized carbons (Fsp3) is 0.571. The number of para-hydroxylation sites is 1. The molecule has 0 aliphatic carbocycles. The van der Waals surface area contributed by atoms with Crippen molar-refractivity contribution in [1.29, 1.82) is 0 Å². The van der Waals surface area contributed by atoms with Gasteiger partial charge in [0.2, 0.25) is 0 Å². The molecular formula is C14H26BNO. The lowest BCUT2D eigenvalue weighted by Gasteiger charge is -2.22. The summed E-state index contributed by atoms with van der Waals surface area (Å²) < 4.78 is 0.890. The van der Waals surface area contributed by atoms with Gasteiger partial charge in [-0.15, -0.1) is 0 Å². The van der Waals surface area contributed by atoms with E-state index in [1.807, 2.05) is 6.07 Å². The summed E-state index contributed by atoms with van der Waals surface area (Å²) in [6, 6.07) is 10.5. The molecule has 0 saturated heterocycles. The first-order chi connectivity index (χ1) is 8.02. The van der Waals surface area contributed by atoms with Gasteiger partial charge in [0.15, 0.2) is 0 Å². The lowest BCUT2D eigenvalue weighted by Crippen LogP contribution is -2.34. The molecule has 17 heavy (non-hydrogen) atoms. The Hall–Kier alpha value is -0.795. The molecule has 3 heteroatoms. The lowest BCUT2D eigenvalue weighted by molar-refractivity contribution is -0.181. The first kappa shape index (κ1) is 16.2. The van der Waals surface area contributed by atoms with Crippen molar-refractivity contribution in [3.8, 4) is 0 Å². The van der Waals surface area contributed by atoms with E-state index in [0.717, 1.165) is 17.2 Å². The third kappa shape index (κ3) is 8.96. The molecule has 1 aromatic rings. The highest BCUT2D eigenvalue weighted by atomic mass is 16.2. The second-order valence-corrected chi connectivity index (χ2v) is 5.11. The van der Waals surface area contributed by atoms with Crippen LogP contribution in [0.1, 0.15) is 26.2 Å². The molecule has 0 aromatic heterocycles. The monoisotopic (exact) mass is 235 g/mol. The van der Waals surface area contributed by atoms with Crippen LogP contribution in [0.25, 0.3) is 0 Å². The minimum Gasteiger partial charge on any atom is -0.882 e. The molecule has 1 aromatic carbocycles. The molecule has 0 heterocycles. The van der Waals surface area contributed by atoms with Crippen LogP contribution in [0, 0.1) is 0 Å². The second-order valence-electron chi connectivity index (χ2n) is 5.11. The van der Waals surface area contributed by atoms with E-state index in [0.29, 0.717) is 0 Å². The number of benzene rings is 1. The molecule has 0 bridgehead atoms. The number of quaternary nitrogens is 1. The van der Waals surface area contributed by atoms with Gasteiger partial charge in [-0.3, -0.25) is 4.48 Å². The highest BCUT2D eigenvalue weighted by Crippen LogP contribution is 2.14. The van der Waals surface area contributed by atoms with Crippen LogP contribution in [-0.4, -0.2) is 28.6 Å². The molecule has 0 atom stereocenters. The number of nitrogens with zero attached hydrogens (tertiary/aromatic N) is 1. The summed E-state index contributed by atoms with van der Waals surface area (Å²) in [5, 5.41) is 9.80. The van der Waals surface area contributed by atoms with E-state index >= 15 is 0 Å². The summed E-state index contributed by atoms with van der Waals surface area (Å²) in [6.07, 6.45) is 4.44. The molecule has 0 aliphatic rings. The van der Waals surface area contributed by atoms with Gasteiger partial charge in [0, 0.05) is 7.48 Å².